The number of carbonyl (C=O) groups is 1. The number of para-hydroxylation sites is 2. The molecule has 0 unspecified atom stereocenters. The molecule has 0 bridgehead atoms. The Hall–Kier alpha value is -2.75. The smallest absolute Gasteiger partial charge is 0.246 e. The minimum atomic E-state index is -0.686. The number of amides is 1. The summed E-state index contributed by atoms with van der Waals surface area (Å²) in [5.41, 5.74) is 0.533. The highest BCUT2D eigenvalue weighted by molar-refractivity contribution is 6.02. The topological polar surface area (TPSA) is 81.0 Å². The van der Waals surface area contributed by atoms with Gasteiger partial charge in [-0.25, -0.2) is 4.99 Å². The van der Waals surface area contributed by atoms with Crippen molar-refractivity contribution in [3.8, 4) is 11.8 Å². The van der Waals surface area contributed by atoms with Crippen LogP contribution in [-0.4, -0.2) is 55.6 Å². The molecule has 29 heavy (non-hydrogen) atoms. The number of guanidine groups is 1. The number of rotatable bonds is 2. The van der Waals surface area contributed by atoms with Crippen LogP contribution in [0.3, 0.4) is 0 Å². The molecule has 4 rings (SSSR count). The van der Waals surface area contributed by atoms with Gasteiger partial charge in [-0.1, -0.05) is 19.1 Å². The monoisotopic (exact) mass is 395 g/mol. The Balaban J connectivity index is 1.51. The second kappa shape index (κ2) is 7.94. The molecule has 2 fully saturated rings. The van der Waals surface area contributed by atoms with Crippen molar-refractivity contribution in [3.63, 3.8) is 0 Å². The first-order valence-electron chi connectivity index (χ1n) is 10.5. The van der Waals surface area contributed by atoms with Crippen molar-refractivity contribution in [3.05, 3.63) is 24.3 Å². The summed E-state index contributed by atoms with van der Waals surface area (Å²) in [7, 11) is 1.69. The van der Waals surface area contributed by atoms with Gasteiger partial charge in [-0.3, -0.25) is 10.1 Å². The number of carbonyl (C=O) groups excluding carboxylic acids is 1. The van der Waals surface area contributed by atoms with Gasteiger partial charge in [0.2, 0.25) is 11.9 Å². The number of nitriles is 1. The van der Waals surface area contributed by atoms with Gasteiger partial charge in [0, 0.05) is 26.2 Å². The fourth-order valence-corrected chi connectivity index (χ4v) is 4.77. The molecular formula is C22H29N5O2. The minimum absolute atomic E-state index is 0.195. The van der Waals surface area contributed by atoms with Crippen LogP contribution in [0.5, 0.6) is 5.75 Å². The summed E-state index contributed by atoms with van der Waals surface area (Å²) in [5, 5.41) is 12.6. The van der Waals surface area contributed by atoms with E-state index in [1.165, 1.54) is 0 Å². The predicted octanol–water partition coefficient (Wildman–Crippen LogP) is 2.39. The van der Waals surface area contributed by atoms with Crippen LogP contribution in [0.1, 0.15) is 32.6 Å². The average molecular weight is 396 g/mol. The van der Waals surface area contributed by atoms with Gasteiger partial charge in [0.05, 0.1) is 24.4 Å². The number of aliphatic imine (C=N–C) groups is 1. The van der Waals surface area contributed by atoms with Crippen LogP contribution in [0.15, 0.2) is 29.3 Å². The molecule has 1 N–H and O–H groups in total. The molecule has 7 heteroatoms. The van der Waals surface area contributed by atoms with E-state index < -0.39 is 11.5 Å². The van der Waals surface area contributed by atoms with Gasteiger partial charge in [-0.2, -0.15) is 5.26 Å². The third-order valence-electron chi connectivity index (χ3n) is 6.64. The van der Waals surface area contributed by atoms with Gasteiger partial charge in [0.25, 0.3) is 0 Å². The highest BCUT2D eigenvalue weighted by atomic mass is 16.5. The molecule has 1 saturated heterocycles. The maximum Gasteiger partial charge on any atom is 0.246 e. The highest BCUT2D eigenvalue weighted by Gasteiger charge is 2.49. The Labute approximate surface area is 172 Å². The number of hydrogen-bond acceptors (Lipinski definition) is 6. The molecule has 1 saturated carbocycles. The molecule has 1 spiro atoms. The molecule has 154 valence electrons. The Kier molecular flexibility index (Phi) is 5.35. The van der Waals surface area contributed by atoms with Gasteiger partial charge in [-0.15, -0.1) is 0 Å². The van der Waals surface area contributed by atoms with Gasteiger partial charge in [0.15, 0.2) is 5.92 Å². The molecule has 2 heterocycles. The van der Waals surface area contributed by atoms with E-state index in [1.807, 2.05) is 18.2 Å². The number of anilines is 1. The molecular weight excluding hydrogens is 366 g/mol. The highest BCUT2D eigenvalue weighted by Crippen LogP contribution is 2.42. The van der Waals surface area contributed by atoms with Crippen LogP contribution < -0.4 is 15.0 Å². The largest absolute Gasteiger partial charge is 0.495 e. The first-order chi connectivity index (χ1) is 14.1. The lowest BCUT2D eigenvalue weighted by Crippen LogP contribution is -2.60. The van der Waals surface area contributed by atoms with E-state index in [0.29, 0.717) is 11.9 Å². The zero-order chi connectivity index (χ0) is 20.4. The maximum atomic E-state index is 12.7. The van der Waals surface area contributed by atoms with Crippen LogP contribution in [0.4, 0.5) is 5.69 Å². The zero-order valence-corrected chi connectivity index (χ0v) is 17.2. The van der Waals surface area contributed by atoms with Gasteiger partial charge in [0.1, 0.15) is 5.75 Å². The summed E-state index contributed by atoms with van der Waals surface area (Å²) in [6.07, 6.45) is 3.66. The number of hydrogen-bond donors (Lipinski definition) is 1. The van der Waals surface area contributed by atoms with Crippen molar-refractivity contribution in [1.82, 2.24) is 10.2 Å². The summed E-state index contributed by atoms with van der Waals surface area (Å²) in [6, 6.07) is 10.3. The predicted molar refractivity (Wildman–Crippen MR) is 112 cm³/mol. The van der Waals surface area contributed by atoms with E-state index in [4.69, 9.17) is 9.73 Å². The van der Waals surface area contributed by atoms with Crippen molar-refractivity contribution < 1.29 is 9.53 Å². The summed E-state index contributed by atoms with van der Waals surface area (Å²) in [4.78, 5) is 22.2. The van der Waals surface area contributed by atoms with Gasteiger partial charge >= 0.3 is 0 Å². The molecule has 1 aromatic carbocycles. The molecule has 3 aliphatic rings. The standard InChI is InChI=1S/C22H29N5O2/c1-16-7-9-22(10-8-16)17(15-23)20(28)24-21(25-22)27-13-11-26(12-14-27)18-5-3-4-6-19(18)29-2/h3-6,16-17H,7-14H2,1-2H3,(H,24,25,28)/t16?,17-,22?/m0/s1. The number of methoxy groups -OCH3 is 1. The Morgan fingerprint density at radius 2 is 1.83 bits per heavy atom. The summed E-state index contributed by atoms with van der Waals surface area (Å²) < 4.78 is 5.50. The second-order valence-electron chi connectivity index (χ2n) is 8.42. The van der Waals surface area contributed by atoms with Crippen LogP contribution in [0, 0.1) is 23.2 Å². The fraction of sp³-hybridized carbons (Fsp3) is 0.591. The lowest BCUT2D eigenvalue weighted by atomic mass is 9.70. The minimum Gasteiger partial charge on any atom is -0.495 e. The zero-order valence-electron chi connectivity index (χ0n) is 17.2. The normalized spacial score (nSPS) is 29.8. The maximum absolute atomic E-state index is 12.7. The van der Waals surface area contributed by atoms with Gasteiger partial charge in [-0.05, 0) is 43.7 Å². The number of ether oxygens (including phenoxy) is 1. The molecule has 7 nitrogen and oxygen atoms in total. The number of nitrogens with one attached hydrogen (secondary N) is 1. The van der Waals surface area contributed by atoms with E-state index in [1.54, 1.807) is 7.11 Å². The molecule has 2 aliphatic heterocycles. The first kappa shape index (κ1) is 19.6. The van der Waals surface area contributed by atoms with Crippen molar-refractivity contribution in [2.24, 2.45) is 16.8 Å². The number of benzene rings is 1. The third-order valence-corrected chi connectivity index (χ3v) is 6.64. The van der Waals surface area contributed by atoms with E-state index in [0.717, 1.165) is 63.3 Å². The van der Waals surface area contributed by atoms with Gasteiger partial charge < -0.3 is 14.5 Å². The van der Waals surface area contributed by atoms with E-state index in [2.05, 4.69) is 34.2 Å². The fourth-order valence-electron chi connectivity index (χ4n) is 4.77. The summed E-state index contributed by atoms with van der Waals surface area (Å²) >= 11 is 0. The average Bonchev–Trinajstić information content (AvgIpc) is 2.76. The van der Waals surface area contributed by atoms with Crippen LogP contribution >= 0.6 is 0 Å². The molecule has 1 atom stereocenters. The van der Waals surface area contributed by atoms with Crippen molar-refractivity contribution in [1.29, 1.82) is 5.26 Å². The quantitative estimate of drug-likeness (QED) is 0.832. The van der Waals surface area contributed by atoms with Crippen LogP contribution in [-0.2, 0) is 4.79 Å². The SMILES string of the molecule is COc1ccccc1N1CCN(C2=NC3(CCC(C)CC3)[C@@H](C#N)C(=O)N2)CC1. The molecule has 1 aliphatic carbocycles. The first-order valence-corrected chi connectivity index (χ1v) is 10.5. The Bertz CT molecular complexity index is 830. The lowest BCUT2D eigenvalue weighted by Gasteiger charge is -2.45. The van der Waals surface area contributed by atoms with E-state index in [9.17, 15) is 10.1 Å². The molecule has 0 aromatic heterocycles. The van der Waals surface area contributed by atoms with Crippen molar-refractivity contribution in [2.75, 3.05) is 38.2 Å². The number of nitrogens with zero attached hydrogens (tertiary/aromatic N) is 4. The van der Waals surface area contributed by atoms with Crippen molar-refractivity contribution in [2.45, 2.75) is 38.1 Å². The second-order valence-corrected chi connectivity index (χ2v) is 8.42. The molecule has 1 amide bonds. The van der Waals surface area contributed by atoms with E-state index >= 15 is 0 Å². The number of piperazine rings is 1. The Morgan fingerprint density at radius 3 is 2.48 bits per heavy atom. The molecule has 1 aromatic rings. The summed E-state index contributed by atoms with van der Waals surface area (Å²) in [6.45, 7) is 5.41. The van der Waals surface area contributed by atoms with Crippen LogP contribution in [0.25, 0.3) is 0 Å². The van der Waals surface area contributed by atoms with Crippen molar-refractivity contribution >= 4 is 17.6 Å². The summed E-state index contributed by atoms with van der Waals surface area (Å²) in [5.74, 6) is 1.27. The van der Waals surface area contributed by atoms with E-state index in [-0.39, 0.29) is 5.91 Å². The lowest BCUT2D eigenvalue weighted by molar-refractivity contribution is -0.125. The van der Waals surface area contributed by atoms with Crippen LogP contribution in [0.2, 0.25) is 0 Å². The molecule has 0 radical (unpaired) electrons. The Morgan fingerprint density at radius 1 is 1.17 bits per heavy atom. The third kappa shape index (κ3) is 3.64.